The van der Waals surface area contributed by atoms with Gasteiger partial charge in [-0.3, -0.25) is 19.2 Å². The molecule has 6 rings (SSSR count). The molecular formula is C31H30F2N6O. The van der Waals surface area contributed by atoms with Crippen LogP contribution in [0, 0.1) is 11.6 Å². The van der Waals surface area contributed by atoms with Gasteiger partial charge in [0.15, 0.2) is 5.82 Å². The first-order valence-electron chi connectivity index (χ1n) is 13.5. The summed E-state index contributed by atoms with van der Waals surface area (Å²) in [5.74, 6) is -0.645. The number of amides is 1. The highest BCUT2D eigenvalue weighted by Crippen LogP contribution is 2.33. The summed E-state index contributed by atoms with van der Waals surface area (Å²) < 4.78 is 30.8. The standard InChI is InChI=1S/C31H30F2N6O/c32-25-9-4-10-26(33)30(25)31-36-35-28-14-11-23-20-24(12-13-27(23)39(28)31)34-29(40)21-38-18-16-37(17-19-38)15-5-8-22-6-2-1-3-7-22/h1-10,12-13,20H,11,14-19,21H2,(H,34,40)/b8-5+. The highest BCUT2D eigenvalue weighted by atomic mass is 19.1. The van der Waals surface area contributed by atoms with Crippen molar-refractivity contribution in [2.45, 2.75) is 12.8 Å². The Labute approximate surface area is 231 Å². The zero-order valence-corrected chi connectivity index (χ0v) is 22.1. The predicted molar refractivity (Wildman–Crippen MR) is 151 cm³/mol. The second-order valence-electron chi connectivity index (χ2n) is 10.2. The van der Waals surface area contributed by atoms with E-state index in [2.05, 4.69) is 49.6 Å². The number of carbonyl (C=O) groups is 1. The molecule has 0 bridgehead atoms. The molecule has 40 heavy (non-hydrogen) atoms. The lowest BCUT2D eigenvalue weighted by molar-refractivity contribution is -0.117. The van der Waals surface area contributed by atoms with Crippen molar-refractivity contribution in [3.8, 4) is 17.1 Å². The number of fused-ring (bicyclic) bond motifs is 3. The van der Waals surface area contributed by atoms with Crippen molar-refractivity contribution in [2.24, 2.45) is 0 Å². The van der Waals surface area contributed by atoms with E-state index in [1.54, 1.807) is 4.57 Å². The number of halogens is 2. The van der Waals surface area contributed by atoms with Crippen molar-refractivity contribution in [3.63, 3.8) is 0 Å². The lowest BCUT2D eigenvalue weighted by atomic mass is 10.0. The molecule has 1 amide bonds. The summed E-state index contributed by atoms with van der Waals surface area (Å²) >= 11 is 0. The van der Waals surface area contributed by atoms with Gasteiger partial charge in [0.1, 0.15) is 17.5 Å². The zero-order valence-electron chi connectivity index (χ0n) is 22.1. The van der Waals surface area contributed by atoms with Gasteiger partial charge in [-0.2, -0.15) is 0 Å². The van der Waals surface area contributed by atoms with Crippen LogP contribution in [0.3, 0.4) is 0 Å². The van der Waals surface area contributed by atoms with Gasteiger partial charge < -0.3 is 5.32 Å². The number of aromatic nitrogens is 3. The van der Waals surface area contributed by atoms with E-state index in [1.807, 2.05) is 36.4 Å². The molecule has 1 aromatic heterocycles. The number of carbonyl (C=O) groups excluding carboxylic acids is 1. The average molecular weight is 541 g/mol. The Morgan fingerprint density at radius 2 is 1.62 bits per heavy atom. The third-order valence-corrected chi connectivity index (χ3v) is 7.44. The van der Waals surface area contributed by atoms with Gasteiger partial charge in [-0.25, -0.2) is 8.78 Å². The second kappa shape index (κ2) is 11.5. The van der Waals surface area contributed by atoms with Gasteiger partial charge in [0.05, 0.1) is 17.8 Å². The van der Waals surface area contributed by atoms with Crippen LogP contribution in [0.2, 0.25) is 0 Å². The fourth-order valence-corrected chi connectivity index (χ4v) is 5.37. The molecule has 3 aromatic carbocycles. The summed E-state index contributed by atoms with van der Waals surface area (Å²) in [5.41, 5.74) is 3.42. The lowest BCUT2D eigenvalue weighted by Gasteiger charge is -2.33. The number of piperazine rings is 1. The largest absolute Gasteiger partial charge is 0.325 e. The molecule has 1 N–H and O–H groups in total. The molecule has 0 atom stereocenters. The van der Waals surface area contributed by atoms with Crippen molar-refractivity contribution in [3.05, 3.63) is 101 Å². The summed E-state index contributed by atoms with van der Waals surface area (Å²) in [6.07, 6.45) is 5.60. The molecule has 2 aliphatic heterocycles. The van der Waals surface area contributed by atoms with Gasteiger partial charge in [0.25, 0.3) is 0 Å². The summed E-state index contributed by atoms with van der Waals surface area (Å²) in [6, 6.07) is 19.6. The first kappa shape index (κ1) is 26.0. The van der Waals surface area contributed by atoms with E-state index in [0.717, 1.165) is 44.0 Å². The van der Waals surface area contributed by atoms with Crippen LogP contribution in [0.25, 0.3) is 23.2 Å². The maximum atomic E-state index is 14.5. The maximum absolute atomic E-state index is 14.5. The molecule has 0 radical (unpaired) electrons. The fraction of sp³-hybridized carbons (Fsp3) is 0.258. The molecule has 3 heterocycles. The van der Waals surface area contributed by atoms with Crippen LogP contribution in [0.15, 0.2) is 72.8 Å². The molecule has 7 nitrogen and oxygen atoms in total. The maximum Gasteiger partial charge on any atom is 0.238 e. The highest BCUT2D eigenvalue weighted by molar-refractivity contribution is 5.92. The minimum Gasteiger partial charge on any atom is -0.325 e. The van der Waals surface area contributed by atoms with Crippen molar-refractivity contribution < 1.29 is 13.6 Å². The van der Waals surface area contributed by atoms with Crippen LogP contribution in [0.5, 0.6) is 0 Å². The van der Waals surface area contributed by atoms with Crippen molar-refractivity contribution in [1.82, 2.24) is 24.6 Å². The van der Waals surface area contributed by atoms with E-state index in [4.69, 9.17) is 0 Å². The summed E-state index contributed by atoms with van der Waals surface area (Å²) in [5, 5.41) is 11.3. The topological polar surface area (TPSA) is 66.3 Å². The molecule has 0 aliphatic carbocycles. The van der Waals surface area contributed by atoms with Gasteiger partial charge in [-0.1, -0.05) is 48.6 Å². The van der Waals surface area contributed by atoms with E-state index >= 15 is 0 Å². The fourth-order valence-electron chi connectivity index (χ4n) is 5.37. The SMILES string of the molecule is O=C(CN1CCN(C/C=C/c2ccccc2)CC1)Nc1ccc2c(c1)CCc1nnc(-c3c(F)cccc3F)n1-2. The van der Waals surface area contributed by atoms with Gasteiger partial charge in [-0.15, -0.1) is 10.2 Å². The zero-order chi connectivity index (χ0) is 27.5. The number of aryl methyl sites for hydroxylation is 2. The van der Waals surface area contributed by atoms with Crippen molar-refractivity contribution >= 4 is 17.7 Å². The Hall–Kier alpha value is -4.21. The molecule has 204 valence electrons. The molecule has 9 heteroatoms. The van der Waals surface area contributed by atoms with Crippen molar-refractivity contribution in [2.75, 3.05) is 44.6 Å². The van der Waals surface area contributed by atoms with Gasteiger partial charge in [0, 0.05) is 44.8 Å². The number of benzene rings is 3. The van der Waals surface area contributed by atoms with Gasteiger partial charge >= 0.3 is 0 Å². The summed E-state index contributed by atoms with van der Waals surface area (Å²) in [4.78, 5) is 17.4. The normalized spacial score (nSPS) is 15.7. The average Bonchev–Trinajstić information content (AvgIpc) is 3.38. The van der Waals surface area contributed by atoms with Crippen LogP contribution >= 0.6 is 0 Å². The van der Waals surface area contributed by atoms with E-state index in [-0.39, 0.29) is 17.3 Å². The predicted octanol–water partition coefficient (Wildman–Crippen LogP) is 4.58. The molecule has 0 spiro atoms. The summed E-state index contributed by atoms with van der Waals surface area (Å²) in [6.45, 7) is 4.72. The van der Waals surface area contributed by atoms with Crippen LogP contribution in [0.1, 0.15) is 17.0 Å². The van der Waals surface area contributed by atoms with Crippen LogP contribution in [0.4, 0.5) is 14.5 Å². The van der Waals surface area contributed by atoms with E-state index in [0.29, 0.717) is 30.9 Å². The molecule has 0 unspecified atom stereocenters. The Morgan fingerprint density at radius 1 is 0.875 bits per heavy atom. The van der Waals surface area contributed by atoms with E-state index in [1.165, 1.54) is 23.8 Å². The molecule has 2 aliphatic rings. The van der Waals surface area contributed by atoms with E-state index in [9.17, 15) is 13.6 Å². The van der Waals surface area contributed by atoms with Gasteiger partial charge in [-0.05, 0) is 47.9 Å². The number of rotatable bonds is 7. The second-order valence-corrected chi connectivity index (χ2v) is 10.2. The first-order chi connectivity index (χ1) is 19.5. The van der Waals surface area contributed by atoms with Crippen LogP contribution in [-0.2, 0) is 17.6 Å². The number of nitrogens with zero attached hydrogens (tertiary/aromatic N) is 5. The molecule has 0 saturated carbocycles. The highest BCUT2D eigenvalue weighted by Gasteiger charge is 2.26. The van der Waals surface area contributed by atoms with Crippen LogP contribution in [-0.4, -0.2) is 69.7 Å². The molecule has 1 fully saturated rings. The number of hydrogen-bond donors (Lipinski definition) is 1. The minimum atomic E-state index is -0.685. The van der Waals surface area contributed by atoms with Crippen molar-refractivity contribution in [1.29, 1.82) is 0 Å². The smallest absolute Gasteiger partial charge is 0.238 e. The van der Waals surface area contributed by atoms with Gasteiger partial charge in [0.2, 0.25) is 5.91 Å². The first-order valence-corrected chi connectivity index (χ1v) is 13.5. The third kappa shape index (κ3) is 5.57. The summed E-state index contributed by atoms with van der Waals surface area (Å²) in [7, 11) is 0. The number of nitrogens with one attached hydrogen (secondary N) is 1. The lowest BCUT2D eigenvalue weighted by Crippen LogP contribution is -2.48. The Bertz CT molecular complexity index is 1520. The number of anilines is 1. The molecule has 4 aromatic rings. The molecular weight excluding hydrogens is 510 g/mol. The van der Waals surface area contributed by atoms with Crippen LogP contribution < -0.4 is 5.32 Å². The Morgan fingerprint density at radius 3 is 2.40 bits per heavy atom. The molecule has 1 saturated heterocycles. The number of hydrogen-bond acceptors (Lipinski definition) is 5. The quantitative estimate of drug-likeness (QED) is 0.372. The monoisotopic (exact) mass is 540 g/mol. The Kier molecular flexibility index (Phi) is 7.48. The Balaban J connectivity index is 1.06. The van der Waals surface area contributed by atoms with E-state index < -0.39 is 11.6 Å². The third-order valence-electron chi connectivity index (χ3n) is 7.44. The minimum absolute atomic E-state index is 0.0627.